The first-order valence-electron chi connectivity index (χ1n) is 11.4. The molecule has 0 atom stereocenters. The quantitative estimate of drug-likeness (QED) is 0.367. The normalized spacial score (nSPS) is 11.0. The van der Waals surface area contributed by atoms with E-state index >= 15 is 0 Å². The topological polar surface area (TPSA) is 77.1 Å². The Morgan fingerprint density at radius 1 is 0.906 bits per heavy atom. The molecule has 0 aliphatic heterocycles. The summed E-state index contributed by atoms with van der Waals surface area (Å²) in [6, 6.07) is 19.7. The minimum atomic E-state index is -0.237. The summed E-state index contributed by atoms with van der Waals surface area (Å²) in [4.78, 5) is 24.4. The first-order valence-corrected chi connectivity index (χ1v) is 11.4. The minimum absolute atomic E-state index is 0.0843. The average molecular weight is 432 g/mol. The summed E-state index contributed by atoms with van der Waals surface area (Å²) in [5.74, 6) is -0.128. The molecule has 0 aliphatic rings. The summed E-state index contributed by atoms with van der Waals surface area (Å²) in [6.45, 7) is 5.10. The second-order valence-corrected chi connectivity index (χ2v) is 8.47. The number of aryl methyl sites for hydroxylation is 1. The highest BCUT2D eigenvalue weighted by Gasteiger charge is 2.24. The number of nitrogens with two attached hydrogens (primary N) is 1. The van der Waals surface area contributed by atoms with Crippen LogP contribution in [-0.2, 0) is 11.3 Å². The third-order valence-corrected chi connectivity index (χ3v) is 5.58. The van der Waals surface area contributed by atoms with E-state index in [9.17, 15) is 9.59 Å². The Hall–Kier alpha value is -3.34. The van der Waals surface area contributed by atoms with Gasteiger partial charge in [-0.15, -0.1) is 0 Å². The van der Waals surface area contributed by atoms with E-state index in [1.165, 1.54) is 0 Å². The molecule has 3 aromatic rings. The average Bonchev–Trinajstić information content (AvgIpc) is 3.17. The van der Waals surface area contributed by atoms with Crippen molar-refractivity contribution in [3.8, 4) is 11.1 Å². The number of amides is 2. The SMILES string of the molecule is CC(C)c1c(C(=O)Nc2ccccc2)c(-c2ccccc2)cn1CCCCCCC(N)=O. The van der Waals surface area contributed by atoms with Gasteiger partial charge in [0, 0.05) is 36.1 Å². The van der Waals surface area contributed by atoms with Gasteiger partial charge in [-0.1, -0.05) is 75.2 Å². The number of nitrogens with zero attached hydrogens (tertiary/aromatic N) is 1. The first-order chi connectivity index (χ1) is 15.5. The predicted molar refractivity (Wildman–Crippen MR) is 131 cm³/mol. The van der Waals surface area contributed by atoms with Crippen LogP contribution >= 0.6 is 0 Å². The lowest BCUT2D eigenvalue weighted by molar-refractivity contribution is -0.118. The molecule has 32 heavy (non-hydrogen) atoms. The zero-order chi connectivity index (χ0) is 22.9. The van der Waals surface area contributed by atoms with Gasteiger partial charge in [0.05, 0.1) is 5.56 Å². The van der Waals surface area contributed by atoms with Crippen LogP contribution in [0.1, 0.15) is 67.9 Å². The van der Waals surface area contributed by atoms with Gasteiger partial charge >= 0.3 is 0 Å². The molecular weight excluding hydrogens is 398 g/mol. The lowest BCUT2D eigenvalue weighted by Crippen LogP contribution is -2.16. The van der Waals surface area contributed by atoms with Crippen molar-refractivity contribution in [2.45, 2.75) is 58.4 Å². The Balaban J connectivity index is 1.88. The first kappa shape index (κ1) is 23.3. The molecule has 0 radical (unpaired) electrons. The molecule has 5 heteroatoms. The molecule has 2 aromatic carbocycles. The highest BCUT2D eigenvalue weighted by Crippen LogP contribution is 2.33. The predicted octanol–water partition coefficient (Wildman–Crippen LogP) is 5.97. The fraction of sp³-hybridized carbons (Fsp3) is 0.333. The van der Waals surface area contributed by atoms with Crippen LogP contribution in [0.25, 0.3) is 11.1 Å². The van der Waals surface area contributed by atoms with Gasteiger partial charge in [-0.3, -0.25) is 9.59 Å². The molecule has 1 aromatic heterocycles. The fourth-order valence-electron chi connectivity index (χ4n) is 4.10. The van der Waals surface area contributed by atoms with Gasteiger partial charge in [0.2, 0.25) is 5.91 Å². The van der Waals surface area contributed by atoms with Gasteiger partial charge < -0.3 is 15.6 Å². The van der Waals surface area contributed by atoms with Gasteiger partial charge in [-0.2, -0.15) is 0 Å². The van der Waals surface area contributed by atoms with Crippen LogP contribution in [0.3, 0.4) is 0 Å². The van der Waals surface area contributed by atoms with Crippen LogP contribution in [0.15, 0.2) is 66.9 Å². The van der Waals surface area contributed by atoms with Gasteiger partial charge in [-0.25, -0.2) is 0 Å². The van der Waals surface area contributed by atoms with E-state index in [-0.39, 0.29) is 17.7 Å². The van der Waals surface area contributed by atoms with Crippen molar-refractivity contribution in [1.29, 1.82) is 0 Å². The van der Waals surface area contributed by atoms with Crippen LogP contribution in [-0.4, -0.2) is 16.4 Å². The van der Waals surface area contributed by atoms with Crippen molar-refractivity contribution in [2.75, 3.05) is 5.32 Å². The minimum Gasteiger partial charge on any atom is -0.370 e. The van der Waals surface area contributed by atoms with Crippen molar-refractivity contribution >= 4 is 17.5 Å². The van der Waals surface area contributed by atoms with Crippen LogP contribution in [0.5, 0.6) is 0 Å². The second kappa shape index (κ2) is 11.3. The smallest absolute Gasteiger partial charge is 0.258 e. The zero-order valence-corrected chi connectivity index (χ0v) is 19.0. The summed E-state index contributed by atoms with van der Waals surface area (Å²) in [5, 5.41) is 3.08. The number of para-hydroxylation sites is 1. The van der Waals surface area contributed by atoms with E-state index in [2.05, 4.69) is 29.9 Å². The van der Waals surface area contributed by atoms with Crippen molar-refractivity contribution in [1.82, 2.24) is 4.57 Å². The summed E-state index contributed by atoms with van der Waals surface area (Å²) in [6.07, 6.45) is 6.39. The molecule has 168 valence electrons. The second-order valence-electron chi connectivity index (χ2n) is 8.47. The molecule has 5 nitrogen and oxygen atoms in total. The summed E-state index contributed by atoms with van der Waals surface area (Å²) in [5.41, 5.74) is 9.79. The molecule has 0 fully saturated rings. The molecule has 0 saturated heterocycles. The zero-order valence-electron chi connectivity index (χ0n) is 19.0. The van der Waals surface area contributed by atoms with Crippen LogP contribution in [0.2, 0.25) is 0 Å². The van der Waals surface area contributed by atoms with Gasteiger partial charge in [0.1, 0.15) is 0 Å². The third-order valence-electron chi connectivity index (χ3n) is 5.58. The van der Waals surface area contributed by atoms with Crippen molar-refractivity contribution in [2.24, 2.45) is 5.73 Å². The Kier molecular flexibility index (Phi) is 8.26. The van der Waals surface area contributed by atoms with Crippen LogP contribution in [0.4, 0.5) is 5.69 Å². The van der Waals surface area contributed by atoms with E-state index in [0.717, 1.165) is 60.3 Å². The Bertz CT molecular complexity index is 1020. The number of nitrogens with one attached hydrogen (secondary N) is 1. The fourth-order valence-corrected chi connectivity index (χ4v) is 4.10. The number of hydrogen-bond acceptors (Lipinski definition) is 2. The molecule has 0 aliphatic carbocycles. The highest BCUT2D eigenvalue weighted by atomic mass is 16.2. The lowest BCUT2D eigenvalue weighted by atomic mass is 9.98. The number of carbonyl (C=O) groups is 2. The maximum Gasteiger partial charge on any atom is 0.258 e. The van der Waals surface area contributed by atoms with Gasteiger partial charge in [0.15, 0.2) is 0 Å². The molecule has 3 N–H and O–H groups in total. The van der Waals surface area contributed by atoms with Crippen molar-refractivity contribution in [3.63, 3.8) is 0 Å². The van der Waals surface area contributed by atoms with E-state index in [0.29, 0.717) is 6.42 Å². The Morgan fingerprint density at radius 3 is 2.16 bits per heavy atom. The largest absolute Gasteiger partial charge is 0.370 e. The third kappa shape index (κ3) is 6.10. The summed E-state index contributed by atoms with van der Waals surface area (Å²) < 4.78 is 2.24. The molecule has 0 spiro atoms. The number of unbranched alkanes of at least 4 members (excludes halogenated alkanes) is 3. The highest BCUT2D eigenvalue weighted by molar-refractivity contribution is 6.10. The standard InChI is InChI=1S/C27H33N3O2/c1-20(2)26-25(27(32)29-22-15-9-6-10-16-22)23(21-13-7-5-8-14-21)19-30(26)18-12-4-3-11-17-24(28)31/h5-10,13-16,19-20H,3-4,11-12,17-18H2,1-2H3,(H2,28,31)(H,29,32). The monoisotopic (exact) mass is 431 g/mol. The number of carbonyl (C=O) groups excluding carboxylic acids is 2. The molecule has 1 heterocycles. The number of primary amides is 1. The molecule has 0 unspecified atom stereocenters. The number of anilines is 1. The van der Waals surface area contributed by atoms with Gasteiger partial charge in [0.25, 0.3) is 5.91 Å². The number of hydrogen-bond donors (Lipinski definition) is 2. The lowest BCUT2D eigenvalue weighted by Gasteiger charge is -2.15. The van der Waals surface area contributed by atoms with Crippen molar-refractivity contribution < 1.29 is 9.59 Å². The molecular formula is C27H33N3O2. The van der Waals surface area contributed by atoms with E-state index in [1.54, 1.807) is 0 Å². The molecule has 0 bridgehead atoms. The number of aromatic nitrogens is 1. The molecule has 3 rings (SSSR count). The van der Waals surface area contributed by atoms with E-state index in [4.69, 9.17) is 5.73 Å². The summed E-state index contributed by atoms with van der Waals surface area (Å²) in [7, 11) is 0. The van der Waals surface area contributed by atoms with Gasteiger partial charge in [-0.05, 0) is 36.5 Å². The maximum atomic E-state index is 13.5. The van der Waals surface area contributed by atoms with Crippen LogP contribution < -0.4 is 11.1 Å². The van der Waals surface area contributed by atoms with Crippen LogP contribution in [0, 0.1) is 0 Å². The number of benzene rings is 2. The number of rotatable bonds is 11. The Labute approximate surface area is 190 Å². The Morgan fingerprint density at radius 2 is 1.53 bits per heavy atom. The maximum absolute atomic E-state index is 13.5. The molecule has 2 amide bonds. The molecule has 0 saturated carbocycles. The van der Waals surface area contributed by atoms with Crippen molar-refractivity contribution in [3.05, 3.63) is 78.1 Å². The summed E-state index contributed by atoms with van der Waals surface area (Å²) >= 11 is 0. The van der Waals surface area contributed by atoms with E-state index < -0.39 is 0 Å². The van der Waals surface area contributed by atoms with E-state index in [1.807, 2.05) is 60.7 Å².